The molecular formula is C22H36ClSiZr-3. The fourth-order valence-corrected chi connectivity index (χ4v) is 2.06. The first-order chi connectivity index (χ1) is 10.7. The van der Waals surface area contributed by atoms with Gasteiger partial charge in [0.15, 0.2) is 0 Å². The average molecular weight is 455 g/mol. The number of hydrogen-bond acceptors (Lipinski definition) is 0. The molecule has 0 bridgehead atoms. The van der Waals surface area contributed by atoms with Gasteiger partial charge in [0.1, 0.15) is 0 Å². The van der Waals surface area contributed by atoms with Crippen LogP contribution in [0.2, 0.25) is 13.1 Å². The second-order valence-corrected chi connectivity index (χ2v) is 18.2. The smallest absolute Gasteiger partial charge is 0.0635 e. The van der Waals surface area contributed by atoms with E-state index in [0.717, 1.165) is 0 Å². The van der Waals surface area contributed by atoms with Crippen molar-refractivity contribution in [3.05, 3.63) is 58.7 Å². The van der Waals surface area contributed by atoms with Gasteiger partial charge in [-0.3, -0.25) is 0 Å². The molecule has 0 aromatic heterocycles. The summed E-state index contributed by atoms with van der Waals surface area (Å²) in [4.78, 5) is 0. The molecule has 0 nitrogen and oxygen atoms in total. The van der Waals surface area contributed by atoms with Gasteiger partial charge in [-0.1, -0.05) is 66.2 Å². The summed E-state index contributed by atoms with van der Waals surface area (Å²) in [6.45, 7) is 22.3. The van der Waals surface area contributed by atoms with Gasteiger partial charge in [0.2, 0.25) is 0 Å². The normalized spacial score (nSPS) is 10.6. The van der Waals surface area contributed by atoms with Crippen LogP contribution in [0.4, 0.5) is 0 Å². The molecule has 0 atom stereocenters. The second kappa shape index (κ2) is 11.7. The van der Waals surface area contributed by atoms with Gasteiger partial charge >= 0.3 is 41.9 Å². The predicted octanol–water partition coefficient (Wildman–Crippen LogP) is 3.81. The van der Waals surface area contributed by atoms with Crippen molar-refractivity contribution in [1.29, 1.82) is 0 Å². The maximum absolute atomic E-state index is 2.31. The Kier molecular flexibility index (Phi) is 12.8. The van der Waals surface area contributed by atoms with E-state index in [2.05, 4.69) is 105 Å². The van der Waals surface area contributed by atoms with Gasteiger partial charge < -0.3 is 12.4 Å². The fraction of sp³-hybridized carbons (Fsp3) is 0.545. The van der Waals surface area contributed by atoms with Crippen LogP contribution in [0.25, 0.3) is 0 Å². The van der Waals surface area contributed by atoms with Crippen LogP contribution in [0.5, 0.6) is 0 Å². The van der Waals surface area contributed by atoms with E-state index in [1.807, 2.05) is 0 Å². The molecule has 0 unspecified atom stereocenters. The quantitative estimate of drug-likeness (QED) is 0.419. The summed E-state index contributed by atoms with van der Waals surface area (Å²) in [5.74, 6) is 0. The largest absolute Gasteiger partial charge is 1.00 e. The van der Waals surface area contributed by atoms with Crippen LogP contribution in [0.15, 0.2) is 36.4 Å². The minimum atomic E-state index is 0. The van der Waals surface area contributed by atoms with Crippen LogP contribution in [0, 0.1) is 13.8 Å². The molecule has 25 heavy (non-hydrogen) atoms. The summed E-state index contributed by atoms with van der Waals surface area (Å²) < 4.78 is 0. The van der Waals surface area contributed by atoms with Crippen molar-refractivity contribution in [1.82, 2.24) is 0 Å². The Balaban J connectivity index is 0. The molecule has 0 saturated heterocycles. The Labute approximate surface area is 178 Å². The summed E-state index contributed by atoms with van der Waals surface area (Å²) in [5, 5.41) is 0. The van der Waals surface area contributed by atoms with Crippen LogP contribution in [0.3, 0.4) is 0 Å². The molecule has 0 aliphatic carbocycles. The molecule has 0 aliphatic rings. The van der Waals surface area contributed by atoms with Crippen molar-refractivity contribution < 1.29 is 35.7 Å². The van der Waals surface area contributed by atoms with Gasteiger partial charge in [-0.15, -0.1) is 0 Å². The molecule has 0 heterocycles. The monoisotopic (exact) mass is 453 g/mol. The van der Waals surface area contributed by atoms with Crippen LogP contribution < -0.4 is 12.4 Å². The number of halogens is 1. The van der Waals surface area contributed by atoms with Gasteiger partial charge in [0.05, 0.1) is 0 Å². The van der Waals surface area contributed by atoms with E-state index >= 15 is 0 Å². The third kappa shape index (κ3) is 13.0. The Hall–Kier alpha value is 0.0900. The molecule has 3 heteroatoms. The second-order valence-electron chi connectivity index (χ2n) is 8.85. The number of aryl methyl sites for hydroxylation is 2. The molecule has 0 amide bonds. The molecule has 0 saturated carbocycles. The third-order valence-corrected chi connectivity index (χ3v) is 3.55. The van der Waals surface area contributed by atoms with Gasteiger partial charge in [-0.2, -0.15) is 46.5 Å². The van der Waals surface area contributed by atoms with Gasteiger partial charge in [0, 0.05) is 0 Å². The van der Waals surface area contributed by atoms with Crippen molar-refractivity contribution in [2.24, 2.45) is 0 Å². The van der Waals surface area contributed by atoms with E-state index < -0.39 is 0 Å². The first-order valence-corrected chi connectivity index (χ1v) is 14.9. The van der Waals surface area contributed by atoms with Crippen molar-refractivity contribution in [2.45, 2.75) is 79.3 Å². The summed E-state index contributed by atoms with van der Waals surface area (Å²) in [6.07, 6.45) is 0. The molecule has 0 aliphatic heterocycles. The SMILES string of the molecule is C[Si](C)=[Zr].Cc1cc(C(C)(C)C)c[cH-]1.Cc1cc(C(C)(C)C)c[cH-]1.[Cl-]. The van der Waals surface area contributed by atoms with E-state index in [4.69, 9.17) is 0 Å². The minimum Gasteiger partial charge on any atom is -1.00 e. The number of rotatable bonds is 0. The minimum absolute atomic E-state index is 0. The Morgan fingerprint density at radius 2 is 1.00 bits per heavy atom. The maximum Gasteiger partial charge on any atom is -0.0635 e. The van der Waals surface area contributed by atoms with Crippen LogP contribution in [-0.4, -0.2) is 5.43 Å². The van der Waals surface area contributed by atoms with Gasteiger partial charge in [0.25, 0.3) is 0 Å². The Bertz CT molecular complexity index is 567. The van der Waals surface area contributed by atoms with Crippen molar-refractivity contribution >= 4 is 5.43 Å². The molecule has 2 aromatic rings. The molecule has 0 radical (unpaired) electrons. The van der Waals surface area contributed by atoms with E-state index in [9.17, 15) is 0 Å². The molecule has 142 valence electrons. The van der Waals surface area contributed by atoms with Crippen molar-refractivity contribution in [3.8, 4) is 0 Å². The molecule has 0 N–H and O–H groups in total. The van der Waals surface area contributed by atoms with E-state index in [-0.39, 0.29) is 17.8 Å². The first-order valence-electron chi connectivity index (χ1n) is 8.73. The Morgan fingerprint density at radius 1 is 0.760 bits per heavy atom. The zero-order chi connectivity index (χ0) is 19.1. The molecule has 2 rings (SSSR count). The summed E-state index contributed by atoms with van der Waals surface area (Å²) in [5.41, 5.74) is 6.44. The molecule has 0 spiro atoms. The zero-order valence-corrected chi connectivity index (χ0v) is 22.1. The molecule has 0 fully saturated rings. The van der Waals surface area contributed by atoms with Gasteiger partial charge in [-0.05, 0) is 0 Å². The average Bonchev–Trinajstić information content (AvgIpc) is 2.96. The van der Waals surface area contributed by atoms with Crippen LogP contribution in [-0.2, 0) is 34.2 Å². The predicted molar refractivity (Wildman–Crippen MR) is 108 cm³/mol. The molecular weight excluding hydrogens is 419 g/mol. The van der Waals surface area contributed by atoms with E-state index in [1.54, 1.807) is 23.3 Å². The molecule has 2 aromatic carbocycles. The Morgan fingerprint density at radius 3 is 1.08 bits per heavy atom. The van der Waals surface area contributed by atoms with Crippen LogP contribution >= 0.6 is 0 Å². The zero-order valence-electron chi connectivity index (χ0n) is 17.8. The van der Waals surface area contributed by atoms with Crippen molar-refractivity contribution in [2.75, 3.05) is 0 Å². The number of hydrogen-bond donors (Lipinski definition) is 0. The third-order valence-electron chi connectivity index (χ3n) is 3.55. The fourth-order valence-electron chi connectivity index (χ4n) is 2.06. The summed E-state index contributed by atoms with van der Waals surface area (Å²) in [6, 6.07) is 13.2. The van der Waals surface area contributed by atoms with E-state index in [0.29, 0.717) is 10.8 Å². The van der Waals surface area contributed by atoms with Crippen molar-refractivity contribution in [3.63, 3.8) is 0 Å². The van der Waals surface area contributed by atoms with Gasteiger partial charge in [-0.25, -0.2) is 12.1 Å². The topological polar surface area (TPSA) is 0 Å². The first kappa shape index (κ1) is 27.3. The summed E-state index contributed by atoms with van der Waals surface area (Å²) >= 11 is 1.74. The van der Waals surface area contributed by atoms with Crippen LogP contribution in [0.1, 0.15) is 63.8 Å². The standard InChI is InChI=1S/2C10H15.C2H6Si.ClH.Zr/c2*1-8-5-6-9(7-8)10(2,3)4;1-3-2;;/h2*5-7H,1-4H3;1-2H3;1H;/q2*-1;;;/p-1. The maximum atomic E-state index is 2.31. The van der Waals surface area contributed by atoms with E-state index in [1.165, 1.54) is 22.3 Å². The summed E-state index contributed by atoms with van der Waals surface area (Å²) in [7, 11) is 0.